The standard InChI is InChI=1S/C12H12BrNS2/c1-2-10-7-14-12(16-10)8-15-11-5-3-4-9(13)6-11/h3-7H,2,8H2,1H3. The van der Waals surface area contributed by atoms with Gasteiger partial charge in [0, 0.05) is 20.4 Å². The van der Waals surface area contributed by atoms with E-state index in [0.29, 0.717) is 0 Å². The van der Waals surface area contributed by atoms with Crippen LogP contribution in [-0.2, 0) is 12.2 Å². The van der Waals surface area contributed by atoms with Gasteiger partial charge in [-0.25, -0.2) is 4.98 Å². The first-order chi connectivity index (χ1) is 7.78. The predicted molar refractivity (Wildman–Crippen MR) is 75.2 cm³/mol. The average molecular weight is 314 g/mol. The van der Waals surface area contributed by atoms with Crippen LogP contribution in [0.4, 0.5) is 0 Å². The summed E-state index contributed by atoms with van der Waals surface area (Å²) in [6.45, 7) is 2.17. The lowest BCUT2D eigenvalue weighted by Gasteiger charge is -1.99. The Morgan fingerprint density at radius 2 is 2.31 bits per heavy atom. The third-order valence-electron chi connectivity index (χ3n) is 2.11. The van der Waals surface area contributed by atoms with Gasteiger partial charge in [0.25, 0.3) is 0 Å². The van der Waals surface area contributed by atoms with Crippen molar-refractivity contribution < 1.29 is 0 Å². The fraction of sp³-hybridized carbons (Fsp3) is 0.250. The van der Waals surface area contributed by atoms with Crippen molar-refractivity contribution in [1.82, 2.24) is 4.98 Å². The largest absolute Gasteiger partial charge is 0.249 e. The first kappa shape index (κ1) is 12.1. The number of hydrogen-bond donors (Lipinski definition) is 0. The molecule has 0 saturated heterocycles. The van der Waals surface area contributed by atoms with Crippen LogP contribution in [-0.4, -0.2) is 4.98 Å². The van der Waals surface area contributed by atoms with Gasteiger partial charge in [-0.15, -0.1) is 23.1 Å². The van der Waals surface area contributed by atoms with E-state index in [2.05, 4.69) is 46.0 Å². The Labute approximate surface area is 112 Å². The van der Waals surface area contributed by atoms with Gasteiger partial charge in [0.15, 0.2) is 0 Å². The van der Waals surface area contributed by atoms with E-state index in [1.165, 1.54) is 14.8 Å². The Bertz CT molecular complexity index is 468. The Kier molecular flexibility index (Phi) is 4.44. The quantitative estimate of drug-likeness (QED) is 0.755. The first-order valence-electron chi connectivity index (χ1n) is 5.10. The normalized spacial score (nSPS) is 10.6. The molecule has 1 aromatic heterocycles. The zero-order chi connectivity index (χ0) is 11.4. The first-order valence-corrected chi connectivity index (χ1v) is 7.69. The third kappa shape index (κ3) is 3.34. The fourth-order valence-corrected chi connectivity index (χ4v) is 3.65. The van der Waals surface area contributed by atoms with Crippen LogP contribution in [0.25, 0.3) is 0 Å². The highest BCUT2D eigenvalue weighted by molar-refractivity contribution is 9.10. The van der Waals surface area contributed by atoms with Crippen molar-refractivity contribution in [1.29, 1.82) is 0 Å². The van der Waals surface area contributed by atoms with Crippen LogP contribution in [0.2, 0.25) is 0 Å². The molecule has 1 aromatic carbocycles. The minimum absolute atomic E-state index is 0.959. The van der Waals surface area contributed by atoms with Crippen molar-refractivity contribution >= 4 is 39.0 Å². The number of rotatable bonds is 4. The highest BCUT2D eigenvalue weighted by Gasteiger charge is 2.02. The molecule has 0 aliphatic heterocycles. The van der Waals surface area contributed by atoms with Gasteiger partial charge >= 0.3 is 0 Å². The van der Waals surface area contributed by atoms with Gasteiger partial charge in [-0.3, -0.25) is 0 Å². The Morgan fingerprint density at radius 3 is 3.00 bits per heavy atom. The molecule has 0 unspecified atom stereocenters. The number of benzene rings is 1. The van der Waals surface area contributed by atoms with Crippen molar-refractivity contribution in [3.05, 3.63) is 44.8 Å². The maximum Gasteiger partial charge on any atom is 0.103 e. The van der Waals surface area contributed by atoms with Crippen LogP contribution in [0.3, 0.4) is 0 Å². The second kappa shape index (κ2) is 5.84. The molecular formula is C12H12BrNS2. The smallest absolute Gasteiger partial charge is 0.103 e. The summed E-state index contributed by atoms with van der Waals surface area (Å²) in [6.07, 6.45) is 3.07. The molecule has 0 atom stereocenters. The van der Waals surface area contributed by atoms with Gasteiger partial charge in [-0.05, 0) is 24.6 Å². The lowest BCUT2D eigenvalue weighted by Crippen LogP contribution is -1.77. The van der Waals surface area contributed by atoms with Crippen LogP contribution in [0.5, 0.6) is 0 Å². The molecular weight excluding hydrogens is 302 g/mol. The molecule has 4 heteroatoms. The number of halogens is 1. The van der Waals surface area contributed by atoms with Crippen molar-refractivity contribution in [2.45, 2.75) is 24.0 Å². The highest BCUT2D eigenvalue weighted by atomic mass is 79.9. The molecule has 0 bridgehead atoms. The number of thioether (sulfide) groups is 1. The zero-order valence-corrected chi connectivity index (χ0v) is 12.2. The summed E-state index contributed by atoms with van der Waals surface area (Å²) in [6, 6.07) is 8.37. The predicted octanol–water partition coefficient (Wildman–Crippen LogP) is 4.76. The van der Waals surface area contributed by atoms with Gasteiger partial charge < -0.3 is 0 Å². The highest BCUT2D eigenvalue weighted by Crippen LogP contribution is 2.27. The fourth-order valence-electron chi connectivity index (χ4n) is 1.28. The zero-order valence-electron chi connectivity index (χ0n) is 8.94. The summed E-state index contributed by atoms with van der Waals surface area (Å²) >= 11 is 7.12. The van der Waals surface area contributed by atoms with E-state index >= 15 is 0 Å². The van der Waals surface area contributed by atoms with E-state index in [4.69, 9.17) is 0 Å². The van der Waals surface area contributed by atoms with Crippen molar-refractivity contribution in [3.63, 3.8) is 0 Å². The molecule has 0 spiro atoms. The number of thiazole rings is 1. The van der Waals surface area contributed by atoms with E-state index in [0.717, 1.165) is 16.6 Å². The Balaban J connectivity index is 1.96. The van der Waals surface area contributed by atoms with Crippen LogP contribution >= 0.6 is 39.0 Å². The molecule has 0 N–H and O–H groups in total. The van der Waals surface area contributed by atoms with Crippen LogP contribution in [0.15, 0.2) is 39.8 Å². The summed E-state index contributed by atoms with van der Waals surface area (Å²) in [7, 11) is 0. The SMILES string of the molecule is CCc1cnc(CSc2cccc(Br)c2)s1. The molecule has 0 aliphatic rings. The monoisotopic (exact) mass is 313 g/mol. The minimum Gasteiger partial charge on any atom is -0.249 e. The average Bonchev–Trinajstić information content (AvgIpc) is 2.74. The van der Waals surface area contributed by atoms with Crippen molar-refractivity contribution in [2.24, 2.45) is 0 Å². The maximum absolute atomic E-state index is 4.41. The van der Waals surface area contributed by atoms with Gasteiger partial charge in [0.2, 0.25) is 0 Å². The van der Waals surface area contributed by atoms with E-state index in [9.17, 15) is 0 Å². The van der Waals surface area contributed by atoms with Crippen LogP contribution < -0.4 is 0 Å². The van der Waals surface area contributed by atoms with Crippen LogP contribution in [0.1, 0.15) is 16.8 Å². The molecule has 2 rings (SSSR count). The molecule has 0 fully saturated rings. The Hall–Kier alpha value is -0.320. The van der Waals surface area contributed by atoms with Gasteiger partial charge in [-0.1, -0.05) is 28.9 Å². The molecule has 0 amide bonds. The van der Waals surface area contributed by atoms with Gasteiger partial charge in [-0.2, -0.15) is 0 Å². The molecule has 2 aromatic rings. The summed E-state index contributed by atoms with van der Waals surface area (Å²) in [5.41, 5.74) is 0. The van der Waals surface area contributed by atoms with E-state index < -0.39 is 0 Å². The van der Waals surface area contributed by atoms with E-state index in [1.54, 1.807) is 0 Å². The number of nitrogens with zero attached hydrogens (tertiary/aromatic N) is 1. The second-order valence-corrected chi connectivity index (χ2v) is 6.48. The van der Waals surface area contributed by atoms with Gasteiger partial charge in [0.1, 0.15) is 5.01 Å². The van der Waals surface area contributed by atoms with E-state index in [-0.39, 0.29) is 0 Å². The molecule has 1 heterocycles. The summed E-state index contributed by atoms with van der Waals surface area (Å²) in [4.78, 5) is 7.06. The number of aryl methyl sites for hydroxylation is 1. The number of hydrogen-bond acceptors (Lipinski definition) is 3. The Morgan fingerprint density at radius 1 is 1.44 bits per heavy atom. The lowest BCUT2D eigenvalue weighted by molar-refractivity contribution is 1.16. The molecule has 0 radical (unpaired) electrons. The maximum atomic E-state index is 4.41. The molecule has 84 valence electrons. The lowest BCUT2D eigenvalue weighted by atomic mass is 10.4. The van der Waals surface area contributed by atoms with E-state index in [1.807, 2.05) is 35.4 Å². The summed E-state index contributed by atoms with van der Waals surface area (Å²) < 4.78 is 1.13. The van der Waals surface area contributed by atoms with Crippen molar-refractivity contribution in [3.8, 4) is 0 Å². The third-order valence-corrected chi connectivity index (χ3v) is 4.93. The molecule has 0 aliphatic carbocycles. The van der Waals surface area contributed by atoms with Crippen molar-refractivity contribution in [2.75, 3.05) is 0 Å². The summed E-state index contributed by atoms with van der Waals surface area (Å²) in [5, 5.41) is 1.21. The summed E-state index contributed by atoms with van der Waals surface area (Å²) in [5.74, 6) is 0.959. The topological polar surface area (TPSA) is 12.9 Å². The molecule has 0 saturated carbocycles. The number of aromatic nitrogens is 1. The minimum atomic E-state index is 0.959. The molecule has 16 heavy (non-hydrogen) atoms. The second-order valence-electron chi connectivity index (χ2n) is 3.32. The molecule has 1 nitrogen and oxygen atoms in total. The van der Waals surface area contributed by atoms with Crippen LogP contribution in [0, 0.1) is 0 Å². The van der Waals surface area contributed by atoms with Gasteiger partial charge in [0.05, 0.1) is 5.75 Å².